The number of hydrogen-bond donors (Lipinski definition) is 0. The van der Waals surface area contributed by atoms with Gasteiger partial charge in [0.15, 0.2) is 14.6 Å². The Kier molecular flexibility index (Phi) is 5.21. The Hall–Kier alpha value is -2.45. The molecule has 1 heterocycles. The number of thiazole rings is 1. The minimum atomic E-state index is -3.77. The quantitative estimate of drug-likeness (QED) is 0.670. The van der Waals surface area contributed by atoms with Crippen molar-refractivity contribution >= 4 is 37.3 Å². The van der Waals surface area contributed by atoms with Crippen LogP contribution in [-0.4, -0.2) is 31.8 Å². The van der Waals surface area contributed by atoms with E-state index in [2.05, 4.69) is 4.99 Å². The molecule has 1 amide bonds. The van der Waals surface area contributed by atoms with Crippen LogP contribution in [0.5, 0.6) is 5.75 Å². The molecule has 0 spiro atoms. The lowest BCUT2D eigenvalue weighted by Gasteiger charge is -2.04. The Morgan fingerprint density at radius 2 is 1.74 bits per heavy atom. The zero-order chi connectivity index (χ0) is 19.8. The predicted octanol–water partition coefficient (Wildman–Crippen LogP) is 2.77. The van der Waals surface area contributed by atoms with E-state index in [1.54, 1.807) is 12.1 Å². The van der Waals surface area contributed by atoms with E-state index in [-0.39, 0.29) is 4.90 Å². The number of benzene rings is 2. The van der Waals surface area contributed by atoms with Gasteiger partial charge in [0.2, 0.25) is 0 Å². The molecule has 2 aromatic carbocycles. The molecule has 142 valence electrons. The second-order valence-electron chi connectivity index (χ2n) is 6.26. The van der Waals surface area contributed by atoms with Crippen LogP contribution in [0.3, 0.4) is 0 Å². The molecule has 27 heavy (non-hydrogen) atoms. The average molecular weight is 405 g/mol. The SMILES string of the molecule is COc1ccc(S(=O)(=O)CC(=O)N=c2sc3c(C)ccc(C)c3n2C)cc1. The Morgan fingerprint density at radius 1 is 1.11 bits per heavy atom. The number of aromatic nitrogens is 1. The first-order chi connectivity index (χ1) is 12.7. The fourth-order valence-corrected chi connectivity index (χ4v) is 5.13. The van der Waals surface area contributed by atoms with Crippen molar-refractivity contribution in [3.05, 3.63) is 52.3 Å². The maximum atomic E-state index is 12.5. The number of methoxy groups -OCH3 is 1. The summed E-state index contributed by atoms with van der Waals surface area (Å²) in [6, 6.07) is 9.98. The van der Waals surface area contributed by atoms with Gasteiger partial charge in [-0.05, 0) is 49.2 Å². The van der Waals surface area contributed by atoms with Crippen molar-refractivity contribution in [1.29, 1.82) is 0 Å². The molecule has 0 fully saturated rings. The standard InChI is InChI=1S/C19H20N2O4S2/c1-12-5-6-13(2)18-17(12)21(3)19(26-18)20-16(22)11-27(23,24)15-9-7-14(25-4)8-10-15/h5-10H,11H2,1-4H3. The third kappa shape index (κ3) is 3.81. The fourth-order valence-electron chi connectivity index (χ4n) is 2.84. The third-order valence-electron chi connectivity index (χ3n) is 4.30. The third-order valence-corrected chi connectivity index (χ3v) is 7.18. The molecule has 0 aliphatic carbocycles. The van der Waals surface area contributed by atoms with Gasteiger partial charge in [0, 0.05) is 7.05 Å². The molecule has 0 saturated carbocycles. The minimum absolute atomic E-state index is 0.0688. The lowest BCUT2D eigenvalue weighted by Crippen LogP contribution is -2.19. The van der Waals surface area contributed by atoms with Crippen LogP contribution >= 0.6 is 11.3 Å². The highest BCUT2D eigenvalue weighted by Crippen LogP contribution is 2.24. The minimum Gasteiger partial charge on any atom is -0.497 e. The second-order valence-corrected chi connectivity index (χ2v) is 9.23. The van der Waals surface area contributed by atoms with Gasteiger partial charge in [0.25, 0.3) is 5.91 Å². The number of carbonyl (C=O) groups is 1. The zero-order valence-electron chi connectivity index (χ0n) is 15.5. The molecule has 3 rings (SSSR count). The Bertz CT molecular complexity index is 1190. The number of ether oxygens (including phenoxy) is 1. The fraction of sp³-hybridized carbons (Fsp3) is 0.263. The van der Waals surface area contributed by atoms with Gasteiger partial charge >= 0.3 is 0 Å². The van der Waals surface area contributed by atoms with Gasteiger partial charge in [0.05, 0.1) is 22.2 Å². The Morgan fingerprint density at radius 3 is 2.33 bits per heavy atom. The van der Waals surface area contributed by atoms with E-state index in [0.29, 0.717) is 10.6 Å². The Balaban J connectivity index is 1.95. The van der Waals surface area contributed by atoms with Crippen LogP contribution in [0.1, 0.15) is 11.1 Å². The number of hydrogen-bond acceptors (Lipinski definition) is 5. The number of amides is 1. The first-order valence-electron chi connectivity index (χ1n) is 8.23. The highest BCUT2D eigenvalue weighted by molar-refractivity contribution is 7.92. The van der Waals surface area contributed by atoms with Crippen LogP contribution in [-0.2, 0) is 21.7 Å². The largest absolute Gasteiger partial charge is 0.497 e. The van der Waals surface area contributed by atoms with E-state index < -0.39 is 21.5 Å². The number of carbonyl (C=O) groups excluding carboxylic acids is 1. The van der Waals surface area contributed by atoms with Crippen LogP contribution < -0.4 is 9.54 Å². The van der Waals surface area contributed by atoms with Crippen LogP contribution in [0.25, 0.3) is 10.2 Å². The first kappa shape index (κ1) is 19.3. The molecule has 0 aliphatic rings. The summed E-state index contributed by atoms with van der Waals surface area (Å²) in [6.45, 7) is 3.99. The summed E-state index contributed by atoms with van der Waals surface area (Å²) in [7, 11) is -0.438. The lowest BCUT2D eigenvalue weighted by atomic mass is 10.1. The van der Waals surface area contributed by atoms with E-state index in [4.69, 9.17) is 4.74 Å². The molecule has 8 heteroatoms. The van der Waals surface area contributed by atoms with E-state index in [1.165, 1.54) is 30.6 Å². The smallest absolute Gasteiger partial charge is 0.263 e. The summed E-state index contributed by atoms with van der Waals surface area (Å²) in [6.07, 6.45) is 0. The van der Waals surface area contributed by atoms with Crippen molar-refractivity contribution < 1.29 is 17.9 Å². The monoisotopic (exact) mass is 404 g/mol. The van der Waals surface area contributed by atoms with Crippen molar-refractivity contribution in [2.24, 2.45) is 12.0 Å². The van der Waals surface area contributed by atoms with Gasteiger partial charge < -0.3 is 9.30 Å². The van der Waals surface area contributed by atoms with Gasteiger partial charge in [-0.25, -0.2) is 8.42 Å². The molecule has 0 aliphatic heterocycles. The van der Waals surface area contributed by atoms with E-state index in [1.807, 2.05) is 37.6 Å². The summed E-state index contributed by atoms with van der Waals surface area (Å²) in [5.74, 6) is -0.817. The Labute approximate surface area is 161 Å². The predicted molar refractivity (Wildman–Crippen MR) is 106 cm³/mol. The van der Waals surface area contributed by atoms with Gasteiger partial charge in [-0.1, -0.05) is 23.5 Å². The topological polar surface area (TPSA) is 77.7 Å². The second kappa shape index (κ2) is 7.28. The van der Waals surface area contributed by atoms with Crippen molar-refractivity contribution in [2.45, 2.75) is 18.7 Å². The highest BCUT2D eigenvalue weighted by atomic mass is 32.2. The number of nitrogens with zero attached hydrogens (tertiary/aromatic N) is 2. The van der Waals surface area contributed by atoms with Crippen molar-refractivity contribution in [3.63, 3.8) is 0 Å². The normalized spacial score (nSPS) is 12.5. The lowest BCUT2D eigenvalue weighted by molar-refractivity contribution is -0.115. The number of aryl methyl sites for hydroxylation is 3. The summed E-state index contributed by atoms with van der Waals surface area (Å²) in [4.78, 5) is 17.0. The molecule has 0 atom stereocenters. The highest BCUT2D eigenvalue weighted by Gasteiger charge is 2.19. The summed E-state index contributed by atoms with van der Waals surface area (Å²) >= 11 is 1.38. The van der Waals surface area contributed by atoms with Crippen LogP contribution in [0.2, 0.25) is 0 Å². The van der Waals surface area contributed by atoms with E-state index >= 15 is 0 Å². The van der Waals surface area contributed by atoms with Crippen molar-refractivity contribution in [2.75, 3.05) is 12.9 Å². The summed E-state index contributed by atoms with van der Waals surface area (Å²) in [5, 5.41) is 0. The van der Waals surface area contributed by atoms with Gasteiger partial charge in [0.1, 0.15) is 11.5 Å². The molecule has 1 aromatic heterocycles. The molecule has 0 radical (unpaired) electrons. The van der Waals surface area contributed by atoms with Gasteiger partial charge in [-0.2, -0.15) is 4.99 Å². The van der Waals surface area contributed by atoms with Gasteiger partial charge in [-0.15, -0.1) is 0 Å². The molecule has 0 N–H and O–H groups in total. The van der Waals surface area contributed by atoms with E-state index in [0.717, 1.165) is 21.3 Å². The van der Waals surface area contributed by atoms with Crippen LogP contribution in [0.4, 0.5) is 0 Å². The summed E-state index contributed by atoms with van der Waals surface area (Å²) < 4.78 is 32.8. The molecular weight excluding hydrogens is 384 g/mol. The average Bonchev–Trinajstić information content (AvgIpc) is 2.95. The van der Waals surface area contributed by atoms with Crippen LogP contribution in [0, 0.1) is 13.8 Å². The molecule has 3 aromatic rings. The molecule has 0 bridgehead atoms. The summed E-state index contributed by atoms with van der Waals surface area (Å²) in [5.41, 5.74) is 3.18. The first-order valence-corrected chi connectivity index (χ1v) is 10.7. The maximum Gasteiger partial charge on any atom is 0.263 e. The van der Waals surface area contributed by atoms with E-state index in [9.17, 15) is 13.2 Å². The van der Waals surface area contributed by atoms with Crippen molar-refractivity contribution in [1.82, 2.24) is 4.57 Å². The number of sulfone groups is 1. The maximum absolute atomic E-state index is 12.5. The molecule has 0 unspecified atom stereocenters. The molecule has 0 saturated heterocycles. The number of rotatable bonds is 4. The van der Waals surface area contributed by atoms with Crippen LogP contribution in [0.15, 0.2) is 46.3 Å². The van der Waals surface area contributed by atoms with Crippen molar-refractivity contribution in [3.8, 4) is 5.75 Å². The van der Waals surface area contributed by atoms with Gasteiger partial charge in [-0.3, -0.25) is 4.79 Å². The molecule has 6 nitrogen and oxygen atoms in total. The molecular formula is C19H20N2O4S2. The number of fused-ring (bicyclic) bond motifs is 1. The zero-order valence-corrected chi connectivity index (χ0v) is 17.1.